The van der Waals surface area contributed by atoms with E-state index in [4.69, 9.17) is 15.2 Å². The maximum atomic E-state index is 11.7. The molecule has 0 fully saturated rings. The normalized spacial score (nSPS) is 13.5. The van der Waals surface area contributed by atoms with Gasteiger partial charge in [-0.3, -0.25) is 4.57 Å². The summed E-state index contributed by atoms with van der Waals surface area (Å²) in [6, 6.07) is 3.52. The standard InChI is InChI=1S/C12H14N4O3/c1-15-7-14-16(12(15)17)6-8-4-10-11(5-9(8)13)19-3-2-18-10/h4-5,7H,2-3,6,13H2,1H3. The van der Waals surface area contributed by atoms with Crippen LogP contribution in [0, 0.1) is 0 Å². The van der Waals surface area contributed by atoms with Crippen molar-refractivity contribution in [2.75, 3.05) is 18.9 Å². The lowest BCUT2D eigenvalue weighted by Crippen LogP contribution is -2.24. The zero-order valence-corrected chi connectivity index (χ0v) is 10.5. The Bertz CT molecular complexity index is 674. The van der Waals surface area contributed by atoms with Crippen LogP contribution in [-0.2, 0) is 13.6 Å². The topological polar surface area (TPSA) is 84.3 Å². The highest BCUT2D eigenvalue weighted by atomic mass is 16.6. The average Bonchev–Trinajstić information content (AvgIpc) is 2.71. The fourth-order valence-electron chi connectivity index (χ4n) is 1.97. The van der Waals surface area contributed by atoms with E-state index in [0.29, 0.717) is 36.9 Å². The number of anilines is 1. The number of rotatable bonds is 2. The summed E-state index contributed by atoms with van der Waals surface area (Å²) in [6.07, 6.45) is 1.47. The molecule has 2 N–H and O–H groups in total. The third-order valence-corrected chi connectivity index (χ3v) is 3.01. The van der Waals surface area contributed by atoms with Crippen molar-refractivity contribution in [3.05, 3.63) is 34.5 Å². The maximum absolute atomic E-state index is 11.7. The summed E-state index contributed by atoms with van der Waals surface area (Å²) < 4.78 is 13.7. The summed E-state index contributed by atoms with van der Waals surface area (Å²) in [5.74, 6) is 1.29. The molecular formula is C12H14N4O3. The van der Waals surface area contributed by atoms with Crippen molar-refractivity contribution in [3.8, 4) is 11.5 Å². The summed E-state index contributed by atoms with van der Waals surface area (Å²) in [7, 11) is 1.65. The minimum atomic E-state index is -0.186. The van der Waals surface area contributed by atoms with Crippen molar-refractivity contribution in [2.45, 2.75) is 6.54 Å². The first kappa shape index (κ1) is 11.6. The summed E-state index contributed by atoms with van der Waals surface area (Å²) in [6.45, 7) is 1.34. The molecule has 1 aliphatic heterocycles. The van der Waals surface area contributed by atoms with Gasteiger partial charge in [0.25, 0.3) is 0 Å². The molecule has 0 bridgehead atoms. The number of aromatic nitrogens is 3. The van der Waals surface area contributed by atoms with Gasteiger partial charge in [-0.15, -0.1) is 0 Å². The Morgan fingerprint density at radius 3 is 2.63 bits per heavy atom. The maximum Gasteiger partial charge on any atom is 0.345 e. The Labute approximate surface area is 109 Å². The summed E-state index contributed by atoms with van der Waals surface area (Å²) in [4.78, 5) is 11.7. The Kier molecular flexibility index (Phi) is 2.66. The van der Waals surface area contributed by atoms with Gasteiger partial charge in [-0.2, -0.15) is 5.10 Å². The second-order valence-corrected chi connectivity index (χ2v) is 4.38. The van der Waals surface area contributed by atoms with E-state index in [1.54, 1.807) is 19.2 Å². The molecule has 0 radical (unpaired) electrons. The number of nitrogen functional groups attached to an aromatic ring is 1. The lowest BCUT2D eigenvalue weighted by atomic mass is 10.1. The molecule has 0 atom stereocenters. The predicted octanol–water partition coefficient (Wildman–Crippen LogP) is -0.0165. The Hall–Kier alpha value is -2.44. The van der Waals surface area contributed by atoms with E-state index >= 15 is 0 Å². The Morgan fingerprint density at radius 1 is 1.32 bits per heavy atom. The molecule has 3 rings (SSSR count). The number of nitrogens with zero attached hydrogens (tertiary/aromatic N) is 3. The smallest absolute Gasteiger partial charge is 0.345 e. The minimum absolute atomic E-state index is 0.186. The van der Waals surface area contributed by atoms with Crippen LogP contribution in [0.1, 0.15) is 5.56 Å². The van der Waals surface area contributed by atoms with Gasteiger partial charge >= 0.3 is 5.69 Å². The van der Waals surface area contributed by atoms with Crippen LogP contribution in [0.4, 0.5) is 5.69 Å². The first-order valence-corrected chi connectivity index (χ1v) is 5.91. The highest BCUT2D eigenvalue weighted by Gasteiger charge is 2.15. The van der Waals surface area contributed by atoms with Gasteiger partial charge in [0.15, 0.2) is 11.5 Å². The lowest BCUT2D eigenvalue weighted by Gasteiger charge is -2.20. The molecule has 100 valence electrons. The quantitative estimate of drug-likeness (QED) is 0.769. The van der Waals surface area contributed by atoms with Gasteiger partial charge in [-0.25, -0.2) is 9.48 Å². The van der Waals surface area contributed by atoms with E-state index in [1.807, 2.05) is 0 Å². The molecule has 7 heteroatoms. The summed E-state index contributed by atoms with van der Waals surface area (Å²) in [5, 5.41) is 4.00. The molecule has 1 aromatic carbocycles. The van der Waals surface area contributed by atoms with Crippen molar-refractivity contribution in [3.63, 3.8) is 0 Å². The molecule has 0 spiro atoms. The molecule has 0 aliphatic carbocycles. The van der Waals surface area contributed by atoms with Gasteiger partial charge < -0.3 is 15.2 Å². The molecule has 0 unspecified atom stereocenters. The number of ether oxygens (including phenoxy) is 2. The Balaban J connectivity index is 1.97. The van der Waals surface area contributed by atoms with E-state index in [0.717, 1.165) is 5.56 Å². The average molecular weight is 262 g/mol. The number of nitrogens with two attached hydrogens (primary N) is 1. The van der Waals surface area contributed by atoms with E-state index in [1.165, 1.54) is 15.6 Å². The van der Waals surface area contributed by atoms with E-state index < -0.39 is 0 Å². The largest absolute Gasteiger partial charge is 0.486 e. The number of hydrogen-bond donors (Lipinski definition) is 1. The zero-order chi connectivity index (χ0) is 13.4. The van der Waals surface area contributed by atoms with Crippen LogP contribution < -0.4 is 20.9 Å². The Morgan fingerprint density at radius 2 is 2.00 bits per heavy atom. The molecule has 1 aromatic heterocycles. The van der Waals surface area contributed by atoms with Crippen molar-refractivity contribution < 1.29 is 9.47 Å². The zero-order valence-electron chi connectivity index (χ0n) is 10.5. The van der Waals surface area contributed by atoms with Crippen molar-refractivity contribution in [1.29, 1.82) is 0 Å². The van der Waals surface area contributed by atoms with Crippen molar-refractivity contribution in [1.82, 2.24) is 14.3 Å². The molecular weight excluding hydrogens is 248 g/mol. The lowest BCUT2D eigenvalue weighted by molar-refractivity contribution is 0.171. The molecule has 2 heterocycles. The van der Waals surface area contributed by atoms with Crippen LogP contribution in [0.15, 0.2) is 23.3 Å². The fraction of sp³-hybridized carbons (Fsp3) is 0.333. The molecule has 0 saturated carbocycles. The van der Waals surface area contributed by atoms with Crippen LogP contribution in [0.5, 0.6) is 11.5 Å². The molecule has 19 heavy (non-hydrogen) atoms. The number of aryl methyl sites for hydroxylation is 1. The van der Waals surface area contributed by atoms with Gasteiger partial charge in [-0.1, -0.05) is 0 Å². The number of benzene rings is 1. The van der Waals surface area contributed by atoms with Gasteiger partial charge in [0.05, 0.1) is 6.54 Å². The summed E-state index contributed by atoms with van der Waals surface area (Å²) >= 11 is 0. The van der Waals surface area contributed by atoms with Crippen LogP contribution in [0.3, 0.4) is 0 Å². The second kappa shape index (κ2) is 4.34. The molecule has 0 amide bonds. The third kappa shape index (κ3) is 2.03. The van der Waals surface area contributed by atoms with Crippen molar-refractivity contribution >= 4 is 5.69 Å². The van der Waals surface area contributed by atoms with Crippen LogP contribution >= 0.6 is 0 Å². The number of fused-ring (bicyclic) bond motifs is 1. The van der Waals surface area contributed by atoms with Crippen LogP contribution in [0.25, 0.3) is 0 Å². The SMILES string of the molecule is Cn1cnn(Cc2cc3c(cc2N)OCCO3)c1=O. The third-order valence-electron chi connectivity index (χ3n) is 3.01. The van der Waals surface area contributed by atoms with Gasteiger partial charge in [0, 0.05) is 24.4 Å². The first-order valence-electron chi connectivity index (χ1n) is 5.91. The van der Waals surface area contributed by atoms with Crippen LogP contribution in [-0.4, -0.2) is 27.6 Å². The van der Waals surface area contributed by atoms with Crippen molar-refractivity contribution in [2.24, 2.45) is 7.05 Å². The van der Waals surface area contributed by atoms with Gasteiger partial charge in [0.1, 0.15) is 19.5 Å². The monoisotopic (exact) mass is 262 g/mol. The molecule has 1 aliphatic rings. The predicted molar refractivity (Wildman–Crippen MR) is 68.4 cm³/mol. The highest BCUT2D eigenvalue weighted by Crippen LogP contribution is 2.34. The van der Waals surface area contributed by atoms with Gasteiger partial charge in [0.2, 0.25) is 0 Å². The minimum Gasteiger partial charge on any atom is -0.486 e. The summed E-state index contributed by atoms with van der Waals surface area (Å²) in [5.41, 5.74) is 7.12. The fourth-order valence-corrected chi connectivity index (χ4v) is 1.97. The molecule has 7 nitrogen and oxygen atoms in total. The number of hydrogen-bond acceptors (Lipinski definition) is 5. The molecule has 2 aromatic rings. The first-order chi connectivity index (χ1) is 9.15. The van der Waals surface area contributed by atoms with E-state index in [-0.39, 0.29) is 5.69 Å². The highest BCUT2D eigenvalue weighted by molar-refractivity contribution is 5.58. The van der Waals surface area contributed by atoms with Gasteiger partial charge in [-0.05, 0) is 6.07 Å². The van der Waals surface area contributed by atoms with E-state index in [9.17, 15) is 4.79 Å². The van der Waals surface area contributed by atoms with E-state index in [2.05, 4.69) is 5.10 Å². The second-order valence-electron chi connectivity index (χ2n) is 4.38. The molecule has 0 saturated heterocycles. The van der Waals surface area contributed by atoms with Crippen LogP contribution in [0.2, 0.25) is 0 Å².